The molecular formula is C18H28F3IN4O. The molecule has 5 nitrogen and oxygen atoms in total. The van der Waals surface area contributed by atoms with Crippen LogP contribution in [0.2, 0.25) is 0 Å². The molecule has 1 aromatic carbocycles. The lowest BCUT2D eigenvalue weighted by Gasteiger charge is -2.20. The number of aliphatic imine (C=N–C) groups is 1. The van der Waals surface area contributed by atoms with Gasteiger partial charge in [-0.05, 0) is 31.9 Å². The molecule has 0 amide bonds. The predicted octanol–water partition coefficient (Wildman–Crippen LogP) is 3.33. The number of hydrogen-bond donors (Lipinski definition) is 2. The van der Waals surface area contributed by atoms with Gasteiger partial charge in [0.1, 0.15) is 6.61 Å². The molecule has 27 heavy (non-hydrogen) atoms. The van der Waals surface area contributed by atoms with Gasteiger partial charge < -0.3 is 20.3 Å². The Morgan fingerprint density at radius 2 is 2.00 bits per heavy atom. The average Bonchev–Trinajstić information content (AvgIpc) is 3.05. The summed E-state index contributed by atoms with van der Waals surface area (Å²) >= 11 is 0. The second-order valence-electron chi connectivity index (χ2n) is 6.43. The second kappa shape index (κ2) is 11.6. The molecule has 0 radical (unpaired) electrons. The van der Waals surface area contributed by atoms with Crippen LogP contribution in [0.25, 0.3) is 0 Å². The minimum Gasteiger partial charge on any atom is -0.372 e. The molecule has 1 unspecified atom stereocenters. The van der Waals surface area contributed by atoms with E-state index < -0.39 is 12.8 Å². The summed E-state index contributed by atoms with van der Waals surface area (Å²) in [7, 11) is 1.68. The number of guanidine groups is 1. The molecule has 1 fully saturated rings. The second-order valence-corrected chi connectivity index (χ2v) is 6.43. The maximum absolute atomic E-state index is 12.0. The van der Waals surface area contributed by atoms with Gasteiger partial charge in [-0.25, -0.2) is 0 Å². The van der Waals surface area contributed by atoms with Crippen LogP contribution < -0.4 is 15.5 Å². The molecule has 0 saturated carbocycles. The third kappa shape index (κ3) is 9.00. The van der Waals surface area contributed by atoms with E-state index >= 15 is 0 Å². The first-order valence-electron chi connectivity index (χ1n) is 8.80. The van der Waals surface area contributed by atoms with Gasteiger partial charge in [0.2, 0.25) is 0 Å². The number of rotatable bonds is 7. The summed E-state index contributed by atoms with van der Waals surface area (Å²) in [5.41, 5.74) is 2.45. The van der Waals surface area contributed by atoms with Crippen LogP contribution in [-0.4, -0.2) is 58.1 Å². The SMILES string of the molecule is CN=C(NCCCOCC(F)(F)F)NC1CCN(c2ccc(C)cc2)C1.I. The first-order chi connectivity index (χ1) is 12.4. The van der Waals surface area contributed by atoms with Gasteiger partial charge in [-0.3, -0.25) is 4.99 Å². The van der Waals surface area contributed by atoms with Crippen LogP contribution in [0.15, 0.2) is 29.3 Å². The van der Waals surface area contributed by atoms with Crippen molar-refractivity contribution in [2.75, 3.05) is 44.8 Å². The minimum absolute atomic E-state index is 0. The molecule has 1 atom stereocenters. The quantitative estimate of drug-likeness (QED) is 0.261. The molecule has 0 bridgehead atoms. The third-order valence-corrected chi connectivity index (χ3v) is 4.18. The Bertz CT molecular complexity index is 581. The van der Waals surface area contributed by atoms with Crippen LogP contribution in [0.5, 0.6) is 0 Å². The van der Waals surface area contributed by atoms with Crippen molar-refractivity contribution in [3.05, 3.63) is 29.8 Å². The summed E-state index contributed by atoms with van der Waals surface area (Å²) in [6.45, 7) is 3.31. The van der Waals surface area contributed by atoms with Gasteiger partial charge in [0, 0.05) is 45.0 Å². The van der Waals surface area contributed by atoms with Gasteiger partial charge in [-0.15, -0.1) is 24.0 Å². The number of nitrogens with one attached hydrogen (secondary N) is 2. The van der Waals surface area contributed by atoms with Crippen molar-refractivity contribution in [2.24, 2.45) is 4.99 Å². The highest BCUT2D eigenvalue weighted by Crippen LogP contribution is 2.20. The topological polar surface area (TPSA) is 48.9 Å². The Hall–Kier alpha value is -1.23. The van der Waals surface area contributed by atoms with E-state index in [1.807, 2.05) is 0 Å². The molecule has 2 rings (SSSR count). The number of alkyl halides is 3. The normalized spacial score (nSPS) is 17.6. The highest BCUT2D eigenvalue weighted by atomic mass is 127. The molecule has 0 spiro atoms. The molecule has 1 aromatic rings. The van der Waals surface area contributed by atoms with Crippen molar-refractivity contribution in [3.8, 4) is 0 Å². The van der Waals surface area contributed by atoms with Crippen molar-refractivity contribution in [3.63, 3.8) is 0 Å². The van der Waals surface area contributed by atoms with Crippen molar-refractivity contribution in [2.45, 2.75) is 32.0 Å². The van der Waals surface area contributed by atoms with E-state index in [0.29, 0.717) is 18.9 Å². The van der Waals surface area contributed by atoms with E-state index in [-0.39, 0.29) is 36.6 Å². The molecule has 1 aliphatic rings. The fraction of sp³-hybridized carbons (Fsp3) is 0.611. The fourth-order valence-corrected chi connectivity index (χ4v) is 2.83. The smallest absolute Gasteiger partial charge is 0.372 e. The number of ether oxygens (including phenoxy) is 1. The van der Waals surface area contributed by atoms with Crippen molar-refractivity contribution in [1.29, 1.82) is 0 Å². The number of nitrogens with zero attached hydrogens (tertiary/aromatic N) is 2. The summed E-state index contributed by atoms with van der Waals surface area (Å²) in [4.78, 5) is 6.50. The van der Waals surface area contributed by atoms with Crippen molar-refractivity contribution >= 4 is 35.6 Å². The Morgan fingerprint density at radius 1 is 1.30 bits per heavy atom. The highest BCUT2D eigenvalue weighted by molar-refractivity contribution is 14.0. The molecule has 9 heteroatoms. The molecular weight excluding hydrogens is 472 g/mol. The first-order valence-corrected chi connectivity index (χ1v) is 8.80. The van der Waals surface area contributed by atoms with E-state index in [9.17, 15) is 13.2 Å². The summed E-state index contributed by atoms with van der Waals surface area (Å²) in [5, 5.41) is 6.48. The van der Waals surface area contributed by atoms with Crippen LogP contribution >= 0.6 is 24.0 Å². The Kier molecular flexibility index (Phi) is 10.2. The molecule has 1 saturated heterocycles. The van der Waals surface area contributed by atoms with E-state index in [1.165, 1.54) is 11.3 Å². The average molecular weight is 500 g/mol. The van der Waals surface area contributed by atoms with Gasteiger partial charge in [0.25, 0.3) is 0 Å². The molecule has 1 heterocycles. The number of benzene rings is 1. The maximum Gasteiger partial charge on any atom is 0.411 e. The standard InChI is InChI=1S/C18H27F3N4O.HI/c1-14-4-6-16(7-5-14)25-10-8-15(12-25)24-17(22-2)23-9-3-11-26-13-18(19,20)21;/h4-7,15H,3,8-13H2,1-2H3,(H2,22,23,24);1H. The van der Waals surface area contributed by atoms with Gasteiger partial charge >= 0.3 is 6.18 Å². The minimum atomic E-state index is -4.27. The zero-order valence-corrected chi connectivity index (χ0v) is 18.0. The molecule has 1 aliphatic heterocycles. The predicted molar refractivity (Wildman–Crippen MR) is 113 cm³/mol. The first kappa shape index (κ1) is 23.8. The molecule has 0 aliphatic carbocycles. The number of halogens is 4. The fourth-order valence-electron chi connectivity index (χ4n) is 2.83. The molecule has 2 N–H and O–H groups in total. The van der Waals surface area contributed by atoms with Crippen LogP contribution in [-0.2, 0) is 4.74 Å². The van der Waals surface area contributed by atoms with Crippen LogP contribution in [0, 0.1) is 6.92 Å². The monoisotopic (exact) mass is 500 g/mol. The van der Waals surface area contributed by atoms with Crippen LogP contribution in [0.3, 0.4) is 0 Å². The summed E-state index contributed by atoms with van der Waals surface area (Å²) < 4.78 is 40.5. The lowest BCUT2D eigenvalue weighted by atomic mass is 10.2. The van der Waals surface area contributed by atoms with Crippen LogP contribution in [0.1, 0.15) is 18.4 Å². The summed E-state index contributed by atoms with van der Waals surface area (Å²) in [6.07, 6.45) is -2.78. The van der Waals surface area contributed by atoms with Gasteiger partial charge in [-0.1, -0.05) is 17.7 Å². The molecule has 0 aromatic heterocycles. The van der Waals surface area contributed by atoms with Crippen molar-refractivity contribution < 1.29 is 17.9 Å². The third-order valence-electron chi connectivity index (χ3n) is 4.18. The van der Waals surface area contributed by atoms with E-state index in [2.05, 4.69) is 56.5 Å². The number of anilines is 1. The Balaban J connectivity index is 0.00000364. The van der Waals surface area contributed by atoms with Crippen molar-refractivity contribution in [1.82, 2.24) is 10.6 Å². The van der Waals surface area contributed by atoms with Gasteiger partial charge in [0.05, 0.1) is 0 Å². The lowest BCUT2D eigenvalue weighted by Crippen LogP contribution is -2.45. The van der Waals surface area contributed by atoms with Crippen LogP contribution in [0.4, 0.5) is 18.9 Å². The Labute approximate surface area is 175 Å². The number of aryl methyl sites for hydroxylation is 1. The highest BCUT2D eigenvalue weighted by Gasteiger charge is 2.27. The molecule has 154 valence electrons. The zero-order valence-electron chi connectivity index (χ0n) is 15.7. The van der Waals surface area contributed by atoms with Gasteiger partial charge in [0.15, 0.2) is 5.96 Å². The number of hydrogen-bond acceptors (Lipinski definition) is 3. The summed E-state index contributed by atoms with van der Waals surface area (Å²) in [5.74, 6) is 0.663. The lowest BCUT2D eigenvalue weighted by molar-refractivity contribution is -0.173. The maximum atomic E-state index is 12.0. The zero-order chi connectivity index (χ0) is 19.0. The Morgan fingerprint density at radius 3 is 2.63 bits per heavy atom. The van der Waals surface area contributed by atoms with E-state index in [1.54, 1.807) is 7.05 Å². The van der Waals surface area contributed by atoms with E-state index in [4.69, 9.17) is 0 Å². The summed E-state index contributed by atoms with van der Waals surface area (Å²) in [6, 6.07) is 8.76. The van der Waals surface area contributed by atoms with Gasteiger partial charge in [-0.2, -0.15) is 13.2 Å². The van der Waals surface area contributed by atoms with E-state index in [0.717, 1.165) is 19.5 Å². The largest absolute Gasteiger partial charge is 0.411 e.